The van der Waals surface area contributed by atoms with Gasteiger partial charge in [0.05, 0.1) is 0 Å². The molecule has 3 N–H and O–H groups in total. The Hall–Kier alpha value is -1.51. The Morgan fingerprint density at radius 3 is 2.53 bits per heavy atom. The molecule has 0 atom stereocenters. The van der Waals surface area contributed by atoms with E-state index in [1.165, 1.54) is 0 Å². The SMILES string of the molecule is CC(C)C(C)(C)CNC(=O)CCc1ccccc1N. The average molecular weight is 262 g/mol. The molecule has 3 heteroatoms. The number of anilines is 1. The molecule has 0 aliphatic rings. The first-order valence-electron chi connectivity index (χ1n) is 6.93. The molecule has 1 rings (SSSR count). The van der Waals surface area contributed by atoms with E-state index < -0.39 is 0 Å². The normalized spacial score (nSPS) is 11.6. The van der Waals surface area contributed by atoms with Crippen LogP contribution in [0, 0.1) is 11.3 Å². The molecule has 0 radical (unpaired) electrons. The second kappa shape index (κ2) is 6.60. The van der Waals surface area contributed by atoms with Crippen LogP contribution in [0.4, 0.5) is 5.69 Å². The summed E-state index contributed by atoms with van der Waals surface area (Å²) in [5.41, 5.74) is 7.79. The fourth-order valence-electron chi connectivity index (χ4n) is 1.63. The zero-order valence-electron chi connectivity index (χ0n) is 12.5. The summed E-state index contributed by atoms with van der Waals surface area (Å²) >= 11 is 0. The molecule has 1 aromatic carbocycles. The predicted molar refractivity (Wildman–Crippen MR) is 80.8 cm³/mol. The monoisotopic (exact) mass is 262 g/mol. The van der Waals surface area contributed by atoms with Crippen LogP contribution in [0.1, 0.15) is 39.7 Å². The van der Waals surface area contributed by atoms with Crippen LogP contribution < -0.4 is 11.1 Å². The molecular weight excluding hydrogens is 236 g/mol. The van der Waals surface area contributed by atoms with E-state index >= 15 is 0 Å². The Bertz CT molecular complexity index is 425. The maximum atomic E-state index is 11.8. The molecule has 0 fully saturated rings. The average Bonchev–Trinajstić information content (AvgIpc) is 2.35. The Morgan fingerprint density at radius 2 is 1.95 bits per heavy atom. The lowest BCUT2D eigenvalue weighted by molar-refractivity contribution is -0.121. The predicted octanol–water partition coefficient (Wildman–Crippen LogP) is 3.00. The number of aryl methyl sites for hydroxylation is 1. The second-order valence-electron chi connectivity index (χ2n) is 6.12. The van der Waals surface area contributed by atoms with Crippen LogP contribution in [0.15, 0.2) is 24.3 Å². The maximum Gasteiger partial charge on any atom is 0.220 e. The van der Waals surface area contributed by atoms with Crippen LogP contribution in [0.3, 0.4) is 0 Å². The van der Waals surface area contributed by atoms with E-state index in [9.17, 15) is 4.79 Å². The zero-order chi connectivity index (χ0) is 14.5. The van der Waals surface area contributed by atoms with Crippen molar-refractivity contribution in [2.45, 2.75) is 40.5 Å². The van der Waals surface area contributed by atoms with Crippen LogP contribution in [0.5, 0.6) is 0 Å². The zero-order valence-corrected chi connectivity index (χ0v) is 12.5. The number of amides is 1. The van der Waals surface area contributed by atoms with Gasteiger partial charge in [0, 0.05) is 18.7 Å². The number of nitrogen functional groups attached to an aromatic ring is 1. The minimum Gasteiger partial charge on any atom is -0.399 e. The van der Waals surface area contributed by atoms with Crippen molar-refractivity contribution in [2.75, 3.05) is 12.3 Å². The van der Waals surface area contributed by atoms with Gasteiger partial charge in [0.15, 0.2) is 0 Å². The van der Waals surface area contributed by atoms with Gasteiger partial charge in [-0.05, 0) is 29.4 Å². The summed E-state index contributed by atoms with van der Waals surface area (Å²) in [7, 11) is 0. The molecule has 1 aromatic rings. The van der Waals surface area contributed by atoms with Gasteiger partial charge >= 0.3 is 0 Å². The van der Waals surface area contributed by atoms with Gasteiger partial charge in [0.25, 0.3) is 0 Å². The van der Waals surface area contributed by atoms with Gasteiger partial charge in [0.1, 0.15) is 0 Å². The minimum absolute atomic E-state index is 0.0944. The largest absolute Gasteiger partial charge is 0.399 e. The van der Waals surface area contributed by atoms with E-state index in [1.54, 1.807) is 0 Å². The number of nitrogens with one attached hydrogen (secondary N) is 1. The summed E-state index contributed by atoms with van der Waals surface area (Å²) in [5.74, 6) is 0.634. The molecule has 3 nitrogen and oxygen atoms in total. The number of carbonyl (C=O) groups is 1. The summed E-state index contributed by atoms with van der Waals surface area (Å²) in [6.45, 7) is 9.42. The summed E-state index contributed by atoms with van der Waals surface area (Å²) in [6.07, 6.45) is 1.18. The highest BCUT2D eigenvalue weighted by atomic mass is 16.1. The molecule has 0 spiro atoms. The van der Waals surface area contributed by atoms with Crippen molar-refractivity contribution in [3.63, 3.8) is 0 Å². The van der Waals surface area contributed by atoms with Gasteiger partial charge in [-0.2, -0.15) is 0 Å². The van der Waals surface area contributed by atoms with E-state index in [0.29, 0.717) is 25.3 Å². The third kappa shape index (κ3) is 4.93. The molecular formula is C16H26N2O. The Morgan fingerprint density at radius 1 is 1.32 bits per heavy atom. The van der Waals surface area contributed by atoms with Crippen molar-refractivity contribution in [3.8, 4) is 0 Å². The molecule has 0 bridgehead atoms. The Balaban J connectivity index is 2.39. The number of hydrogen-bond acceptors (Lipinski definition) is 2. The Labute approximate surface area is 116 Å². The highest BCUT2D eigenvalue weighted by Gasteiger charge is 2.22. The maximum absolute atomic E-state index is 11.8. The van der Waals surface area contributed by atoms with Crippen molar-refractivity contribution >= 4 is 11.6 Å². The number of hydrogen-bond donors (Lipinski definition) is 2. The van der Waals surface area contributed by atoms with Gasteiger partial charge < -0.3 is 11.1 Å². The molecule has 1 amide bonds. The Kier molecular flexibility index (Phi) is 5.40. The van der Waals surface area contributed by atoms with Gasteiger partial charge in [-0.3, -0.25) is 4.79 Å². The number of benzene rings is 1. The van der Waals surface area contributed by atoms with E-state index in [-0.39, 0.29) is 11.3 Å². The van der Waals surface area contributed by atoms with Gasteiger partial charge in [-0.15, -0.1) is 0 Å². The van der Waals surface area contributed by atoms with Crippen LogP contribution in [0.25, 0.3) is 0 Å². The third-order valence-electron chi connectivity index (χ3n) is 3.98. The van der Waals surface area contributed by atoms with Crippen LogP contribution in [0.2, 0.25) is 0 Å². The van der Waals surface area contributed by atoms with Crippen LogP contribution in [-0.4, -0.2) is 12.5 Å². The molecule has 0 saturated carbocycles. The van der Waals surface area contributed by atoms with Crippen molar-refractivity contribution < 1.29 is 4.79 Å². The highest BCUT2D eigenvalue weighted by Crippen LogP contribution is 2.24. The van der Waals surface area contributed by atoms with Gasteiger partial charge in [-0.1, -0.05) is 45.9 Å². The summed E-state index contributed by atoms with van der Waals surface area (Å²) in [6, 6.07) is 7.70. The van der Waals surface area contributed by atoms with Crippen molar-refractivity contribution in [3.05, 3.63) is 29.8 Å². The van der Waals surface area contributed by atoms with E-state index in [4.69, 9.17) is 5.73 Å². The number of rotatable bonds is 6. The first-order valence-corrected chi connectivity index (χ1v) is 6.93. The lowest BCUT2D eigenvalue weighted by atomic mass is 9.81. The molecule has 0 aliphatic carbocycles. The molecule has 0 aromatic heterocycles. The first-order chi connectivity index (χ1) is 8.83. The standard InChI is InChI=1S/C16H26N2O/c1-12(2)16(3,4)11-18-15(19)10-9-13-7-5-6-8-14(13)17/h5-8,12H,9-11,17H2,1-4H3,(H,18,19). The highest BCUT2D eigenvalue weighted by molar-refractivity contribution is 5.76. The van der Waals surface area contributed by atoms with Gasteiger partial charge in [0.2, 0.25) is 5.91 Å². The summed E-state index contributed by atoms with van der Waals surface area (Å²) in [4.78, 5) is 11.8. The van der Waals surface area contributed by atoms with Crippen LogP contribution in [-0.2, 0) is 11.2 Å². The molecule has 0 aliphatic heterocycles. The van der Waals surface area contributed by atoms with E-state index in [0.717, 1.165) is 11.3 Å². The first kappa shape index (κ1) is 15.5. The second-order valence-corrected chi connectivity index (χ2v) is 6.12. The fraction of sp³-hybridized carbons (Fsp3) is 0.562. The number of para-hydroxylation sites is 1. The lowest BCUT2D eigenvalue weighted by Gasteiger charge is -2.29. The van der Waals surface area contributed by atoms with Crippen LogP contribution >= 0.6 is 0 Å². The molecule has 19 heavy (non-hydrogen) atoms. The molecule has 0 heterocycles. The fourth-order valence-corrected chi connectivity index (χ4v) is 1.63. The van der Waals surface area contributed by atoms with E-state index in [2.05, 4.69) is 33.0 Å². The summed E-state index contributed by atoms with van der Waals surface area (Å²) < 4.78 is 0. The topological polar surface area (TPSA) is 55.1 Å². The smallest absolute Gasteiger partial charge is 0.220 e. The van der Waals surface area contributed by atoms with Crippen molar-refractivity contribution in [1.82, 2.24) is 5.32 Å². The molecule has 106 valence electrons. The number of carbonyl (C=O) groups excluding carboxylic acids is 1. The van der Waals surface area contributed by atoms with Crippen molar-refractivity contribution in [2.24, 2.45) is 11.3 Å². The molecule has 0 saturated heterocycles. The number of nitrogens with two attached hydrogens (primary N) is 1. The third-order valence-corrected chi connectivity index (χ3v) is 3.98. The minimum atomic E-state index is 0.0944. The quantitative estimate of drug-likeness (QED) is 0.774. The molecule has 0 unspecified atom stereocenters. The van der Waals surface area contributed by atoms with Gasteiger partial charge in [-0.25, -0.2) is 0 Å². The summed E-state index contributed by atoms with van der Waals surface area (Å²) in [5, 5.41) is 3.01. The van der Waals surface area contributed by atoms with Crippen molar-refractivity contribution in [1.29, 1.82) is 0 Å². The lowest BCUT2D eigenvalue weighted by Crippen LogP contribution is -2.37. The van der Waals surface area contributed by atoms with E-state index in [1.807, 2.05) is 24.3 Å².